The van der Waals surface area contributed by atoms with Crippen molar-refractivity contribution in [1.82, 2.24) is 0 Å². The number of hydrogen-bond donors (Lipinski definition) is 0. The molecule has 0 nitrogen and oxygen atoms in total. The summed E-state index contributed by atoms with van der Waals surface area (Å²) < 4.78 is 0. The largest absolute Gasteiger partial charge is 0.123 e. The van der Waals surface area contributed by atoms with Crippen LogP contribution in [0.4, 0.5) is 0 Å². The molecule has 3 rings (SSSR count). The van der Waals surface area contributed by atoms with E-state index in [4.69, 9.17) is 0 Å². The molecule has 3 aromatic rings. The molecule has 2 unspecified atom stereocenters. The Kier molecular flexibility index (Phi) is 4.13. The van der Waals surface area contributed by atoms with Gasteiger partial charge in [0, 0.05) is 5.12 Å². The second-order valence-electron chi connectivity index (χ2n) is 5.84. The van der Waals surface area contributed by atoms with Crippen LogP contribution in [0.5, 0.6) is 0 Å². The van der Waals surface area contributed by atoms with Gasteiger partial charge >= 0.3 is 0 Å². The summed E-state index contributed by atoms with van der Waals surface area (Å²) in [4.78, 5) is 0. The fraction of sp³-hybridized carbons (Fsp3) is 0.368. The summed E-state index contributed by atoms with van der Waals surface area (Å²) in [6, 6.07) is 15.8. The highest BCUT2D eigenvalue weighted by atomic mass is 31.0. The maximum Gasteiger partial charge on any atom is 0.00287 e. The van der Waals surface area contributed by atoms with Gasteiger partial charge in [-0.3, -0.25) is 0 Å². The lowest BCUT2D eigenvalue weighted by Crippen LogP contribution is -1.93. The first-order chi connectivity index (χ1) is 9.81. The Bertz CT molecular complexity index is 708. The number of benzene rings is 2. The molecule has 1 heteroatoms. The molecule has 0 spiro atoms. The lowest BCUT2D eigenvalue weighted by Gasteiger charge is -2.13. The predicted octanol–water partition coefficient (Wildman–Crippen LogP) is 6.71. The molecular formula is C19H23P. The average molecular weight is 282 g/mol. The van der Waals surface area contributed by atoms with Crippen molar-refractivity contribution in [3.05, 3.63) is 48.0 Å². The Labute approximate surface area is 123 Å². The van der Waals surface area contributed by atoms with Gasteiger partial charge in [0.1, 0.15) is 0 Å². The van der Waals surface area contributed by atoms with Crippen LogP contribution in [0.3, 0.4) is 0 Å². The van der Waals surface area contributed by atoms with Crippen molar-refractivity contribution in [2.75, 3.05) is 0 Å². The summed E-state index contributed by atoms with van der Waals surface area (Å²) in [7, 11) is 0.848. The van der Waals surface area contributed by atoms with Crippen LogP contribution < -0.4 is 0 Å². The molecule has 0 amide bonds. The minimum Gasteiger partial charge on any atom is -0.123 e. The van der Waals surface area contributed by atoms with E-state index in [0.717, 1.165) is 8.19 Å². The third kappa shape index (κ3) is 2.50. The summed E-state index contributed by atoms with van der Waals surface area (Å²) in [6.45, 7) is 4.68. The Morgan fingerprint density at radius 1 is 0.950 bits per heavy atom. The highest BCUT2D eigenvalue weighted by molar-refractivity contribution is 7.44. The van der Waals surface area contributed by atoms with E-state index in [1.165, 1.54) is 41.6 Å². The third-order valence-corrected chi connectivity index (χ3v) is 5.86. The summed E-state index contributed by atoms with van der Waals surface area (Å²) >= 11 is 0. The van der Waals surface area contributed by atoms with Crippen molar-refractivity contribution >= 4 is 29.2 Å². The highest BCUT2D eigenvalue weighted by Gasteiger charge is 2.12. The normalized spacial score (nSPS) is 13.5. The minimum atomic E-state index is 0.693. The first-order valence-electron chi connectivity index (χ1n) is 7.80. The van der Waals surface area contributed by atoms with E-state index in [-0.39, 0.29) is 0 Å². The van der Waals surface area contributed by atoms with E-state index in [2.05, 4.69) is 56.3 Å². The quantitative estimate of drug-likeness (QED) is 0.456. The maximum atomic E-state index is 2.40. The predicted molar refractivity (Wildman–Crippen MR) is 93.5 cm³/mol. The fourth-order valence-corrected chi connectivity index (χ4v) is 4.79. The zero-order chi connectivity index (χ0) is 13.9. The van der Waals surface area contributed by atoms with Crippen molar-refractivity contribution in [3.63, 3.8) is 0 Å². The molecule has 0 aliphatic rings. The molecule has 0 aliphatic carbocycles. The van der Waals surface area contributed by atoms with Crippen molar-refractivity contribution in [1.29, 1.82) is 0 Å². The van der Waals surface area contributed by atoms with E-state index >= 15 is 0 Å². The number of fused-ring (bicyclic) bond motifs is 3. The van der Waals surface area contributed by atoms with Crippen molar-refractivity contribution in [2.24, 2.45) is 0 Å². The molecule has 0 saturated heterocycles. The van der Waals surface area contributed by atoms with E-state index < -0.39 is 0 Å². The number of unbranched alkanes of at least 4 members (excludes halogenated alkanes) is 2. The molecule has 0 bridgehead atoms. The van der Waals surface area contributed by atoms with Gasteiger partial charge in [-0.25, -0.2) is 0 Å². The second kappa shape index (κ2) is 6.02. The van der Waals surface area contributed by atoms with Gasteiger partial charge in [0.05, 0.1) is 0 Å². The lowest BCUT2D eigenvalue weighted by atomic mass is 9.94. The highest BCUT2D eigenvalue weighted by Crippen LogP contribution is 2.42. The van der Waals surface area contributed by atoms with E-state index in [0.29, 0.717) is 5.92 Å². The van der Waals surface area contributed by atoms with Gasteiger partial charge in [0.15, 0.2) is 0 Å². The Hall–Kier alpha value is -1.26. The van der Waals surface area contributed by atoms with Crippen LogP contribution in [-0.4, -0.2) is 0 Å². The van der Waals surface area contributed by atoms with Crippen LogP contribution in [-0.2, 0) is 0 Å². The first-order valence-corrected chi connectivity index (χ1v) is 8.80. The SMILES string of the molecule is CCCCCC(C)c1cccc2c1[pH]c1ccccc12. The summed E-state index contributed by atoms with van der Waals surface area (Å²) in [6.07, 6.45) is 5.36. The standard InChI is InChI=1S/C19H23P/c1-3-4-5-9-14(2)15-11-8-12-17-16-10-6-7-13-18(16)20-19(15)17/h6-8,10-14,20H,3-5,9H2,1-2H3. The zero-order valence-electron chi connectivity index (χ0n) is 12.4. The summed E-state index contributed by atoms with van der Waals surface area (Å²) in [5, 5.41) is 6.08. The smallest absolute Gasteiger partial charge is 0.00287 e. The van der Waals surface area contributed by atoms with E-state index in [1.54, 1.807) is 10.7 Å². The van der Waals surface area contributed by atoms with Gasteiger partial charge in [0.25, 0.3) is 0 Å². The molecule has 0 fully saturated rings. The van der Waals surface area contributed by atoms with Gasteiger partial charge in [-0.15, -0.1) is 8.19 Å². The van der Waals surface area contributed by atoms with Gasteiger partial charge in [-0.2, -0.15) is 0 Å². The fourth-order valence-electron chi connectivity index (χ4n) is 3.16. The summed E-state index contributed by atoms with van der Waals surface area (Å²) in [5.41, 5.74) is 1.59. The van der Waals surface area contributed by atoms with Crippen LogP contribution in [0.2, 0.25) is 0 Å². The maximum absolute atomic E-state index is 2.40. The molecule has 0 radical (unpaired) electrons. The minimum absolute atomic E-state index is 0.693. The van der Waals surface area contributed by atoms with E-state index in [9.17, 15) is 0 Å². The van der Waals surface area contributed by atoms with E-state index in [1.807, 2.05) is 0 Å². The third-order valence-electron chi connectivity index (χ3n) is 4.35. The Balaban J connectivity index is 2.02. The van der Waals surface area contributed by atoms with Crippen LogP contribution in [0.1, 0.15) is 51.0 Å². The Morgan fingerprint density at radius 2 is 1.75 bits per heavy atom. The topological polar surface area (TPSA) is 0 Å². The van der Waals surface area contributed by atoms with Gasteiger partial charge < -0.3 is 0 Å². The van der Waals surface area contributed by atoms with Gasteiger partial charge in [0.2, 0.25) is 0 Å². The molecule has 1 aromatic heterocycles. The molecule has 0 N–H and O–H groups in total. The van der Waals surface area contributed by atoms with Crippen LogP contribution in [0.15, 0.2) is 42.5 Å². The Morgan fingerprint density at radius 3 is 2.60 bits per heavy atom. The molecule has 0 aliphatic heterocycles. The number of rotatable bonds is 5. The molecule has 1 heterocycles. The summed E-state index contributed by atoms with van der Waals surface area (Å²) in [5.74, 6) is 0.693. The lowest BCUT2D eigenvalue weighted by molar-refractivity contribution is 0.601. The molecular weight excluding hydrogens is 259 g/mol. The first kappa shape index (κ1) is 13.7. The van der Waals surface area contributed by atoms with Crippen molar-refractivity contribution < 1.29 is 0 Å². The number of hydrogen-bond acceptors (Lipinski definition) is 0. The molecule has 20 heavy (non-hydrogen) atoms. The van der Waals surface area contributed by atoms with Crippen LogP contribution in [0, 0.1) is 0 Å². The van der Waals surface area contributed by atoms with Gasteiger partial charge in [-0.05, 0) is 33.8 Å². The van der Waals surface area contributed by atoms with Gasteiger partial charge in [-0.1, -0.05) is 75.6 Å². The second-order valence-corrected chi connectivity index (χ2v) is 7.13. The zero-order valence-corrected chi connectivity index (χ0v) is 13.4. The molecule has 104 valence electrons. The monoisotopic (exact) mass is 282 g/mol. The van der Waals surface area contributed by atoms with Crippen LogP contribution >= 0.6 is 8.19 Å². The van der Waals surface area contributed by atoms with Crippen molar-refractivity contribution in [2.45, 2.75) is 45.4 Å². The average Bonchev–Trinajstić information content (AvgIpc) is 2.86. The molecule has 2 aromatic carbocycles. The molecule has 2 atom stereocenters. The molecule has 0 saturated carbocycles. The van der Waals surface area contributed by atoms with Crippen LogP contribution in [0.25, 0.3) is 21.0 Å². The van der Waals surface area contributed by atoms with Crippen molar-refractivity contribution in [3.8, 4) is 0 Å².